The molecule has 0 spiro atoms. The van der Waals surface area contributed by atoms with Gasteiger partial charge in [-0.05, 0) is 31.9 Å². The van der Waals surface area contributed by atoms with Crippen LogP contribution >= 0.6 is 0 Å². The highest BCUT2D eigenvalue weighted by Crippen LogP contribution is 2.31. The Labute approximate surface area is 85.9 Å². The average Bonchev–Trinajstić information content (AvgIpc) is 2.27. The lowest BCUT2D eigenvalue weighted by atomic mass is 10.1. The van der Waals surface area contributed by atoms with Crippen molar-refractivity contribution in [2.75, 3.05) is 23.8 Å². The summed E-state index contributed by atoms with van der Waals surface area (Å²) in [5.74, 6) is 0. The van der Waals surface area contributed by atoms with Gasteiger partial charge in [0, 0.05) is 19.6 Å². The minimum absolute atomic E-state index is 0.570. The second-order valence-electron chi connectivity index (χ2n) is 4.23. The van der Waals surface area contributed by atoms with Gasteiger partial charge in [-0.1, -0.05) is 12.1 Å². The molecule has 1 unspecified atom stereocenters. The Bertz CT molecular complexity index is 333. The van der Waals surface area contributed by atoms with Crippen LogP contribution in [0.15, 0.2) is 18.2 Å². The molecule has 2 nitrogen and oxygen atoms in total. The highest BCUT2D eigenvalue weighted by molar-refractivity contribution is 5.74. The monoisotopic (exact) mass is 190 g/mol. The van der Waals surface area contributed by atoms with Crippen molar-refractivity contribution in [3.63, 3.8) is 0 Å². The van der Waals surface area contributed by atoms with Crippen molar-refractivity contribution in [2.45, 2.75) is 26.3 Å². The molecule has 0 aliphatic carbocycles. The number of benzene rings is 1. The lowest BCUT2D eigenvalue weighted by molar-refractivity contribution is 0.711. The molecule has 1 aliphatic heterocycles. The molecule has 1 aromatic carbocycles. The second kappa shape index (κ2) is 3.52. The Morgan fingerprint density at radius 2 is 2.21 bits per heavy atom. The molecule has 0 saturated heterocycles. The van der Waals surface area contributed by atoms with E-state index in [4.69, 9.17) is 0 Å². The van der Waals surface area contributed by atoms with Gasteiger partial charge >= 0.3 is 0 Å². The van der Waals surface area contributed by atoms with Crippen LogP contribution in [0.4, 0.5) is 11.4 Å². The van der Waals surface area contributed by atoms with E-state index in [2.05, 4.69) is 49.3 Å². The highest BCUT2D eigenvalue weighted by Gasteiger charge is 2.16. The van der Waals surface area contributed by atoms with Crippen molar-refractivity contribution in [2.24, 2.45) is 0 Å². The molecule has 1 N–H and O–H groups in total. The van der Waals surface area contributed by atoms with Crippen LogP contribution in [0.5, 0.6) is 0 Å². The summed E-state index contributed by atoms with van der Waals surface area (Å²) >= 11 is 0. The Morgan fingerprint density at radius 1 is 1.43 bits per heavy atom. The summed E-state index contributed by atoms with van der Waals surface area (Å²) < 4.78 is 0. The standard InChI is InChI=1S/C12H18N2/c1-9-5-4-6-11-12(9)14(3)8-7-10(2)13-11/h4-6,10,13H,7-8H2,1-3H3. The maximum Gasteiger partial charge on any atom is 0.0629 e. The van der Waals surface area contributed by atoms with Crippen molar-refractivity contribution in [1.82, 2.24) is 0 Å². The normalized spacial score (nSPS) is 21.1. The molecule has 1 aromatic rings. The molecular formula is C12H18N2. The quantitative estimate of drug-likeness (QED) is 0.676. The van der Waals surface area contributed by atoms with Crippen LogP contribution in [0, 0.1) is 6.92 Å². The highest BCUT2D eigenvalue weighted by atomic mass is 15.1. The maximum atomic E-state index is 3.55. The Balaban J connectivity index is 2.46. The predicted molar refractivity (Wildman–Crippen MR) is 62.2 cm³/mol. The van der Waals surface area contributed by atoms with Gasteiger partial charge in [-0.2, -0.15) is 0 Å². The number of nitrogens with one attached hydrogen (secondary N) is 1. The van der Waals surface area contributed by atoms with E-state index in [0.29, 0.717) is 6.04 Å². The molecule has 0 fully saturated rings. The van der Waals surface area contributed by atoms with E-state index in [1.54, 1.807) is 0 Å². The first kappa shape index (κ1) is 9.38. The Hall–Kier alpha value is -1.18. The predicted octanol–water partition coefficient (Wildman–Crippen LogP) is 2.64. The minimum Gasteiger partial charge on any atom is -0.381 e. The number of nitrogens with zero attached hydrogens (tertiary/aromatic N) is 1. The molecule has 1 heterocycles. The van der Waals surface area contributed by atoms with Gasteiger partial charge in [0.05, 0.1) is 11.4 Å². The first-order valence-corrected chi connectivity index (χ1v) is 5.26. The molecule has 14 heavy (non-hydrogen) atoms. The van der Waals surface area contributed by atoms with Crippen molar-refractivity contribution in [1.29, 1.82) is 0 Å². The topological polar surface area (TPSA) is 15.3 Å². The molecule has 0 bridgehead atoms. The van der Waals surface area contributed by atoms with Gasteiger partial charge in [-0.3, -0.25) is 0 Å². The van der Waals surface area contributed by atoms with Crippen LogP contribution in [0.1, 0.15) is 18.9 Å². The van der Waals surface area contributed by atoms with Gasteiger partial charge in [-0.15, -0.1) is 0 Å². The third kappa shape index (κ3) is 1.57. The lowest BCUT2D eigenvalue weighted by Gasteiger charge is -2.20. The molecular weight excluding hydrogens is 172 g/mol. The smallest absolute Gasteiger partial charge is 0.0629 e. The van der Waals surface area contributed by atoms with Crippen LogP contribution in [0.25, 0.3) is 0 Å². The summed E-state index contributed by atoms with van der Waals surface area (Å²) in [5.41, 5.74) is 3.99. The first-order chi connectivity index (χ1) is 6.68. The van der Waals surface area contributed by atoms with E-state index in [1.807, 2.05) is 0 Å². The number of hydrogen-bond donors (Lipinski definition) is 1. The van der Waals surface area contributed by atoms with Crippen LogP contribution in [-0.2, 0) is 0 Å². The summed E-state index contributed by atoms with van der Waals surface area (Å²) in [7, 11) is 2.17. The molecule has 1 aliphatic rings. The number of aryl methyl sites for hydroxylation is 1. The molecule has 0 radical (unpaired) electrons. The fourth-order valence-corrected chi connectivity index (χ4v) is 2.12. The summed E-state index contributed by atoms with van der Waals surface area (Å²) in [6.07, 6.45) is 1.20. The maximum absolute atomic E-state index is 3.55. The number of rotatable bonds is 0. The van der Waals surface area contributed by atoms with Crippen molar-refractivity contribution < 1.29 is 0 Å². The molecule has 0 aromatic heterocycles. The van der Waals surface area contributed by atoms with Crippen molar-refractivity contribution >= 4 is 11.4 Å². The zero-order chi connectivity index (χ0) is 10.1. The van der Waals surface area contributed by atoms with Gasteiger partial charge in [-0.25, -0.2) is 0 Å². The van der Waals surface area contributed by atoms with Crippen molar-refractivity contribution in [3.8, 4) is 0 Å². The Kier molecular flexibility index (Phi) is 2.36. The van der Waals surface area contributed by atoms with E-state index in [9.17, 15) is 0 Å². The van der Waals surface area contributed by atoms with Crippen molar-refractivity contribution in [3.05, 3.63) is 23.8 Å². The van der Waals surface area contributed by atoms with E-state index in [0.717, 1.165) is 6.54 Å². The van der Waals surface area contributed by atoms with Gasteiger partial charge in [0.2, 0.25) is 0 Å². The third-order valence-corrected chi connectivity index (χ3v) is 2.92. The fraction of sp³-hybridized carbons (Fsp3) is 0.500. The number of para-hydroxylation sites is 1. The molecule has 0 amide bonds. The molecule has 76 valence electrons. The van der Waals surface area contributed by atoms with E-state index < -0.39 is 0 Å². The lowest BCUT2D eigenvalue weighted by Crippen LogP contribution is -2.20. The van der Waals surface area contributed by atoms with Crippen LogP contribution in [0.2, 0.25) is 0 Å². The van der Waals surface area contributed by atoms with Crippen LogP contribution in [-0.4, -0.2) is 19.6 Å². The summed E-state index contributed by atoms with van der Waals surface area (Å²) in [6.45, 7) is 5.55. The third-order valence-electron chi connectivity index (χ3n) is 2.92. The average molecular weight is 190 g/mol. The number of anilines is 2. The zero-order valence-corrected chi connectivity index (χ0v) is 9.17. The number of hydrogen-bond acceptors (Lipinski definition) is 2. The summed E-state index contributed by atoms with van der Waals surface area (Å²) in [5, 5.41) is 3.55. The van der Waals surface area contributed by atoms with Gasteiger partial charge in [0.1, 0.15) is 0 Å². The number of fused-ring (bicyclic) bond motifs is 1. The SMILES string of the molecule is Cc1cccc2c1N(C)CCC(C)N2. The van der Waals surface area contributed by atoms with E-state index >= 15 is 0 Å². The zero-order valence-electron chi connectivity index (χ0n) is 9.17. The van der Waals surface area contributed by atoms with Crippen LogP contribution < -0.4 is 10.2 Å². The van der Waals surface area contributed by atoms with Crippen LogP contribution in [0.3, 0.4) is 0 Å². The second-order valence-corrected chi connectivity index (χ2v) is 4.23. The van der Waals surface area contributed by atoms with Gasteiger partial charge < -0.3 is 10.2 Å². The molecule has 1 atom stereocenters. The first-order valence-electron chi connectivity index (χ1n) is 5.26. The van der Waals surface area contributed by atoms with Gasteiger partial charge in [0.15, 0.2) is 0 Å². The molecule has 2 rings (SSSR count). The Morgan fingerprint density at radius 3 is 3.00 bits per heavy atom. The summed E-state index contributed by atoms with van der Waals surface area (Å²) in [6, 6.07) is 7.03. The summed E-state index contributed by atoms with van der Waals surface area (Å²) in [4.78, 5) is 2.35. The molecule has 0 saturated carbocycles. The largest absolute Gasteiger partial charge is 0.381 e. The van der Waals surface area contributed by atoms with Gasteiger partial charge in [0.25, 0.3) is 0 Å². The minimum atomic E-state index is 0.570. The van der Waals surface area contributed by atoms with E-state index in [-0.39, 0.29) is 0 Å². The van der Waals surface area contributed by atoms with E-state index in [1.165, 1.54) is 23.4 Å². The fourth-order valence-electron chi connectivity index (χ4n) is 2.12. The molecule has 2 heteroatoms.